The van der Waals surface area contributed by atoms with E-state index in [9.17, 15) is 9.90 Å². The zero-order valence-electron chi connectivity index (χ0n) is 13.4. The second-order valence-corrected chi connectivity index (χ2v) is 6.58. The lowest BCUT2D eigenvalue weighted by molar-refractivity contribution is 0.0694. The minimum absolute atomic E-state index is 0.0965. The number of aromatic hydroxyl groups is 1. The van der Waals surface area contributed by atoms with Gasteiger partial charge in [0.05, 0.1) is 15.6 Å². The molecule has 0 saturated carbocycles. The van der Waals surface area contributed by atoms with E-state index in [0.717, 1.165) is 38.7 Å². The minimum Gasteiger partial charge on any atom is -0.507 e. The van der Waals surface area contributed by atoms with Gasteiger partial charge in [-0.3, -0.25) is 0 Å². The molecule has 0 atom stereocenters. The number of rotatable bonds is 4. The van der Waals surface area contributed by atoms with Crippen molar-refractivity contribution in [3.63, 3.8) is 0 Å². The number of nitrogens with zero attached hydrogens (tertiary/aromatic N) is 1. The van der Waals surface area contributed by atoms with Gasteiger partial charge in [-0.05, 0) is 48.2 Å². The van der Waals surface area contributed by atoms with Crippen molar-refractivity contribution in [3.8, 4) is 27.3 Å². The standard InChI is InChI=1S/C19H17NO3S/c1-3-17-20-11(2)18(24-17)14-6-4-5-12(9-14)13-7-8-15(19(22)23)16(21)10-13/h4-10,21H,3H2,1-2H3,(H,22,23). The van der Waals surface area contributed by atoms with E-state index in [1.54, 1.807) is 17.4 Å². The average molecular weight is 339 g/mol. The molecule has 1 aromatic heterocycles. The Balaban J connectivity index is 2.03. The summed E-state index contributed by atoms with van der Waals surface area (Å²) in [6.07, 6.45) is 0.912. The van der Waals surface area contributed by atoms with Crippen LogP contribution in [0.25, 0.3) is 21.6 Å². The summed E-state index contributed by atoms with van der Waals surface area (Å²) in [5, 5.41) is 20.0. The molecule has 0 aliphatic heterocycles. The summed E-state index contributed by atoms with van der Waals surface area (Å²) in [5.74, 6) is -1.37. The third kappa shape index (κ3) is 3.03. The Labute approximate surface area is 144 Å². The fourth-order valence-corrected chi connectivity index (χ4v) is 3.60. The van der Waals surface area contributed by atoms with E-state index in [0.29, 0.717) is 0 Å². The van der Waals surface area contributed by atoms with E-state index in [2.05, 4.69) is 11.9 Å². The Bertz CT molecular complexity index is 915. The van der Waals surface area contributed by atoms with Crippen molar-refractivity contribution in [2.75, 3.05) is 0 Å². The zero-order chi connectivity index (χ0) is 17.3. The summed E-state index contributed by atoms with van der Waals surface area (Å²) in [7, 11) is 0. The number of carbonyl (C=O) groups is 1. The second kappa shape index (κ2) is 6.45. The zero-order valence-corrected chi connectivity index (χ0v) is 14.2. The van der Waals surface area contributed by atoms with Gasteiger partial charge in [0.15, 0.2) is 0 Å². The molecule has 0 spiro atoms. The number of aryl methyl sites for hydroxylation is 2. The Morgan fingerprint density at radius 2 is 1.83 bits per heavy atom. The molecule has 5 heteroatoms. The van der Waals surface area contributed by atoms with Crippen molar-refractivity contribution in [1.29, 1.82) is 0 Å². The summed E-state index contributed by atoms with van der Waals surface area (Å²) in [6.45, 7) is 4.09. The summed E-state index contributed by atoms with van der Waals surface area (Å²) < 4.78 is 0. The lowest BCUT2D eigenvalue weighted by atomic mass is 10.0. The maximum Gasteiger partial charge on any atom is 0.339 e. The van der Waals surface area contributed by atoms with Crippen molar-refractivity contribution >= 4 is 17.3 Å². The van der Waals surface area contributed by atoms with Crippen LogP contribution < -0.4 is 0 Å². The molecule has 0 fully saturated rings. The molecule has 0 amide bonds. The van der Waals surface area contributed by atoms with Crippen LogP contribution in [0.2, 0.25) is 0 Å². The van der Waals surface area contributed by atoms with Crippen LogP contribution in [0.15, 0.2) is 42.5 Å². The Morgan fingerprint density at radius 1 is 1.12 bits per heavy atom. The van der Waals surface area contributed by atoms with Crippen molar-refractivity contribution in [2.45, 2.75) is 20.3 Å². The van der Waals surface area contributed by atoms with Gasteiger partial charge in [0.2, 0.25) is 0 Å². The molecule has 0 saturated heterocycles. The number of hydrogen-bond donors (Lipinski definition) is 2. The third-order valence-corrected chi connectivity index (χ3v) is 5.18. The van der Waals surface area contributed by atoms with E-state index < -0.39 is 5.97 Å². The molecule has 0 radical (unpaired) electrons. The minimum atomic E-state index is -1.14. The SMILES string of the molecule is CCc1nc(C)c(-c2cccc(-c3ccc(C(=O)O)c(O)c3)c2)s1. The van der Waals surface area contributed by atoms with Crippen LogP contribution in [0.4, 0.5) is 0 Å². The molecule has 0 unspecified atom stereocenters. The van der Waals surface area contributed by atoms with Gasteiger partial charge in [0, 0.05) is 0 Å². The topological polar surface area (TPSA) is 70.4 Å². The lowest BCUT2D eigenvalue weighted by Crippen LogP contribution is -1.96. The highest BCUT2D eigenvalue weighted by Crippen LogP contribution is 2.34. The quantitative estimate of drug-likeness (QED) is 0.719. The van der Waals surface area contributed by atoms with Crippen LogP contribution in [-0.2, 0) is 6.42 Å². The maximum atomic E-state index is 11.0. The Morgan fingerprint density at radius 3 is 2.46 bits per heavy atom. The smallest absolute Gasteiger partial charge is 0.339 e. The highest BCUT2D eigenvalue weighted by molar-refractivity contribution is 7.15. The van der Waals surface area contributed by atoms with E-state index in [-0.39, 0.29) is 11.3 Å². The van der Waals surface area contributed by atoms with Crippen molar-refractivity contribution in [2.24, 2.45) is 0 Å². The van der Waals surface area contributed by atoms with Gasteiger partial charge in [-0.25, -0.2) is 9.78 Å². The summed E-state index contributed by atoms with van der Waals surface area (Å²) >= 11 is 1.69. The largest absolute Gasteiger partial charge is 0.507 e. The molecule has 3 aromatic rings. The van der Waals surface area contributed by atoms with Gasteiger partial charge in [-0.15, -0.1) is 11.3 Å². The maximum absolute atomic E-state index is 11.0. The van der Waals surface area contributed by atoms with E-state index >= 15 is 0 Å². The van der Waals surface area contributed by atoms with Crippen LogP contribution in [0.3, 0.4) is 0 Å². The summed E-state index contributed by atoms with van der Waals surface area (Å²) in [6, 6.07) is 12.6. The number of benzene rings is 2. The Kier molecular flexibility index (Phi) is 4.36. The summed E-state index contributed by atoms with van der Waals surface area (Å²) in [4.78, 5) is 16.7. The molecular formula is C19H17NO3S. The molecule has 2 N–H and O–H groups in total. The number of carboxylic acid groups (broad SMARTS) is 1. The molecule has 0 aliphatic rings. The first-order chi connectivity index (χ1) is 11.5. The number of hydrogen-bond acceptors (Lipinski definition) is 4. The first-order valence-corrected chi connectivity index (χ1v) is 8.44. The van der Waals surface area contributed by atoms with Crippen LogP contribution in [0.5, 0.6) is 5.75 Å². The number of aromatic nitrogens is 1. The van der Waals surface area contributed by atoms with Gasteiger partial charge in [0.1, 0.15) is 11.3 Å². The first-order valence-electron chi connectivity index (χ1n) is 7.63. The van der Waals surface area contributed by atoms with Gasteiger partial charge in [-0.2, -0.15) is 0 Å². The highest BCUT2D eigenvalue weighted by Gasteiger charge is 2.12. The predicted octanol–water partition coefficient (Wildman–Crippen LogP) is 4.75. The lowest BCUT2D eigenvalue weighted by Gasteiger charge is -2.07. The fraction of sp³-hybridized carbons (Fsp3) is 0.158. The first kappa shape index (κ1) is 16.2. The normalized spacial score (nSPS) is 10.8. The third-order valence-electron chi connectivity index (χ3n) is 3.83. The van der Waals surface area contributed by atoms with E-state index in [1.807, 2.05) is 31.2 Å². The van der Waals surface area contributed by atoms with Gasteiger partial charge in [0.25, 0.3) is 0 Å². The molecule has 1 heterocycles. The molecule has 3 rings (SSSR count). The number of phenols is 1. The van der Waals surface area contributed by atoms with Crippen molar-refractivity contribution < 1.29 is 15.0 Å². The highest BCUT2D eigenvalue weighted by atomic mass is 32.1. The molecular weight excluding hydrogens is 322 g/mol. The number of thiazole rings is 1. The van der Waals surface area contributed by atoms with Crippen LogP contribution in [0.1, 0.15) is 28.0 Å². The van der Waals surface area contributed by atoms with Crippen LogP contribution >= 0.6 is 11.3 Å². The van der Waals surface area contributed by atoms with Crippen LogP contribution in [-0.4, -0.2) is 21.2 Å². The van der Waals surface area contributed by atoms with E-state index in [4.69, 9.17) is 5.11 Å². The van der Waals surface area contributed by atoms with Gasteiger partial charge in [-0.1, -0.05) is 31.2 Å². The molecule has 4 nitrogen and oxygen atoms in total. The molecule has 122 valence electrons. The van der Waals surface area contributed by atoms with Gasteiger partial charge >= 0.3 is 5.97 Å². The molecule has 0 bridgehead atoms. The van der Waals surface area contributed by atoms with E-state index in [1.165, 1.54) is 12.1 Å². The fourth-order valence-electron chi connectivity index (χ4n) is 2.60. The Hall–Kier alpha value is -2.66. The van der Waals surface area contributed by atoms with Crippen LogP contribution in [0, 0.1) is 6.92 Å². The predicted molar refractivity (Wildman–Crippen MR) is 95.7 cm³/mol. The number of aromatic carboxylic acids is 1. The monoisotopic (exact) mass is 339 g/mol. The van der Waals surface area contributed by atoms with Crippen molar-refractivity contribution in [1.82, 2.24) is 4.98 Å². The molecule has 24 heavy (non-hydrogen) atoms. The molecule has 2 aromatic carbocycles. The second-order valence-electron chi connectivity index (χ2n) is 5.49. The number of carboxylic acids is 1. The summed E-state index contributed by atoms with van der Waals surface area (Å²) in [5.41, 5.74) is 3.69. The van der Waals surface area contributed by atoms with Gasteiger partial charge < -0.3 is 10.2 Å². The molecule has 0 aliphatic carbocycles. The van der Waals surface area contributed by atoms with Crippen molar-refractivity contribution in [3.05, 3.63) is 58.7 Å². The average Bonchev–Trinajstić information content (AvgIpc) is 2.95.